The van der Waals surface area contributed by atoms with Gasteiger partial charge in [0.15, 0.2) is 15.7 Å². The van der Waals surface area contributed by atoms with Gasteiger partial charge in [0.05, 0.1) is 24.9 Å². The lowest BCUT2D eigenvalue weighted by molar-refractivity contribution is 0.0925. The quantitative estimate of drug-likeness (QED) is 0.620. The summed E-state index contributed by atoms with van der Waals surface area (Å²) in [6.07, 6.45) is 5.38. The molecule has 2 amide bonds. The molecule has 1 aromatic carbocycles. The molecule has 3 aliphatic rings. The predicted molar refractivity (Wildman–Crippen MR) is 131 cm³/mol. The number of carbonyl (C=O) groups is 1. The van der Waals surface area contributed by atoms with Gasteiger partial charge in [0.25, 0.3) is 0 Å². The minimum Gasteiger partial charge on any atom is -0.377 e. The number of benzene rings is 1. The summed E-state index contributed by atoms with van der Waals surface area (Å²) in [6, 6.07) is 9.43. The van der Waals surface area contributed by atoms with E-state index in [1.54, 1.807) is 0 Å². The second-order valence-corrected chi connectivity index (χ2v) is 11.8. The number of hydrogen-bond acceptors (Lipinski definition) is 7. The van der Waals surface area contributed by atoms with Crippen molar-refractivity contribution in [3.8, 4) is 11.4 Å². The molecule has 1 aliphatic heterocycles. The minimum absolute atomic E-state index is 0.175. The summed E-state index contributed by atoms with van der Waals surface area (Å²) in [7, 11) is -3.32. The molecule has 34 heavy (non-hydrogen) atoms. The average Bonchev–Trinajstić information content (AvgIpc) is 3.73. The Labute approximate surface area is 200 Å². The maximum absolute atomic E-state index is 12.7. The average molecular weight is 486 g/mol. The molecule has 2 N–H and O–H groups in total. The molecule has 2 heterocycles. The molecule has 1 atom stereocenters. The van der Waals surface area contributed by atoms with Crippen molar-refractivity contribution in [2.45, 2.75) is 55.9 Å². The number of rotatable bonds is 7. The topological polar surface area (TPSA) is 114 Å². The van der Waals surface area contributed by atoms with Gasteiger partial charge in [0.2, 0.25) is 0 Å². The van der Waals surface area contributed by atoms with Crippen molar-refractivity contribution in [1.82, 2.24) is 15.3 Å². The van der Waals surface area contributed by atoms with E-state index in [9.17, 15) is 13.2 Å². The lowest BCUT2D eigenvalue weighted by atomic mass is 10.1. The standard InChI is InChI=1S/C24H31N5O4S/c1-3-19-15-33-13-12-29(19)21-14-20(24(10-11-24)34(2,31)32)27-22(28-21)16-4-6-17(7-5-16)25-23(30)26-18-8-9-18/h4-7,14,18-19H,3,8-13,15H2,1-2H3,(H2,25,26,30)/t19-/m0/s1. The molecule has 1 aromatic heterocycles. The lowest BCUT2D eigenvalue weighted by Gasteiger charge is -2.36. The van der Waals surface area contributed by atoms with Gasteiger partial charge in [-0.2, -0.15) is 0 Å². The van der Waals surface area contributed by atoms with Crippen molar-refractivity contribution < 1.29 is 17.9 Å². The molecule has 9 nitrogen and oxygen atoms in total. The van der Waals surface area contributed by atoms with E-state index >= 15 is 0 Å². The predicted octanol–water partition coefficient (Wildman–Crippen LogP) is 3.08. The zero-order valence-corrected chi connectivity index (χ0v) is 20.4. The molecular weight excluding hydrogens is 454 g/mol. The van der Waals surface area contributed by atoms with Crippen molar-refractivity contribution in [2.24, 2.45) is 0 Å². The van der Waals surface area contributed by atoms with Crippen LogP contribution in [0.5, 0.6) is 0 Å². The Morgan fingerprint density at radius 1 is 1.21 bits per heavy atom. The van der Waals surface area contributed by atoms with Crippen molar-refractivity contribution in [3.63, 3.8) is 0 Å². The number of carbonyl (C=O) groups excluding carboxylic acids is 1. The van der Waals surface area contributed by atoms with Crippen molar-refractivity contribution in [2.75, 3.05) is 36.2 Å². The lowest BCUT2D eigenvalue weighted by Crippen LogP contribution is -2.45. The molecule has 2 aliphatic carbocycles. The van der Waals surface area contributed by atoms with Crippen LogP contribution in [-0.2, 0) is 19.3 Å². The Morgan fingerprint density at radius 2 is 1.94 bits per heavy atom. The van der Waals surface area contributed by atoms with Crippen LogP contribution < -0.4 is 15.5 Å². The van der Waals surface area contributed by atoms with Crippen LogP contribution in [0.2, 0.25) is 0 Å². The SMILES string of the molecule is CC[C@H]1COCCN1c1cc(C2(S(C)(=O)=O)CC2)nc(-c2ccc(NC(=O)NC3CC3)cc2)n1. The van der Waals surface area contributed by atoms with Gasteiger partial charge in [0.1, 0.15) is 10.6 Å². The number of hydrogen-bond donors (Lipinski definition) is 2. The maximum atomic E-state index is 12.7. The van der Waals surface area contributed by atoms with Crippen molar-refractivity contribution in [1.29, 1.82) is 0 Å². The molecule has 0 unspecified atom stereocenters. The molecule has 2 saturated carbocycles. The third-order valence-electron chi connectivity index (χ3n) is 6.90. The van der Waals surface area contributed by atoms with Gasteiger partial charge in [-0.15, -0.1) is 0 Å². The van der Waals surface area contributed by atoms with E-state index in [-0.39, 0.29) is 18.1 Å². The molecule has 10 heteroatoms. The summed E-state index contributed by atoms with van der Waals surface area (Å²) in [5.74, 6) is 1.22. The first-order valence-corrected chi connectivity index (χ1v) is 13.8. The second kappa shape index (κ2) is 8.81. The Kier molecular flexibility index (Phi) is 5.97. The smallest absolute Gasteiger partial charge is 0.319 e. The van der Waals surface area contributed by atoms with Crippen molar-refractivity contribution >= 4 is 27.4 Å². The highest BCUT2D eigenvalue weighted by Crippen LogP contribution is 2.52. The maximum Gasteiger partial charge on any atom is 0.319 e. The first kappa shape index (κ1) is 23.0. The van der Waals surface area contributed by atoms with E-state index in [2.05, 4.69) is 22.5 Å². The highest BCUT2D eigenvalue weighted by Gasteiger charge is 2.55. The summed E-state index contributed by atoms with van der Waals surface area (Å²) in [6.45, 7) is 4.02. The molecule has 0 radical (unpaired) electrons. The number of nitrogens with one attached hydrogen (secondary N) is 2. The van der Waals surface area contributed by atoms with Crippen LogP contribution in [0.4, 0.5) is 16.3 Å². The summed E-state index contributed by atoms with van der Waals surface area (Å²) < 4.78 is 30.0. The van der Waals surface area contributed by atoms with E-state index in [0.717, 1.165) is 30.6 Å². The molecule has 2 aromatic rings. The monoisotopic (exact) mass is 485 g/mol. The number of nitrogens with zero attached hydrogens (tertiary/aromatic N) is 3. The molecular formula is C24H31N5O4S. The Balaban J connectivity index is 1.48. The third-order valence-corrected chi connectivity index (χ3v) is 8.94. The zero-order chi connectivity index (χ0) is 23.9. The zero-order valence-electron chi connectivity index (χ0n) is 19.6. The normalized spacial score (nSPS) is 21.7. The summed E-state index contributed by atoms with van der Waals surface area (Å²) in [5, 5.41) is 5.74. The number of ether oxygens (including phenoxy) is 1. The first-order chi connectivity index (χ1) is 16.3. The van der Waals surface area contributed by atoms with Gasteiger partial charge in [-0.25, -0.2) is 23.2 Å². The van der Waals surface area contributed by atoms with Crippen LogP contribution in [0, 0.1) is 0 Å². The number of aromatic nitrogens is 2. The van der Waals surface area contributed by atoms with Crippen LogP contribution in [-0.4, -0.2) is 62.5 Å². The Morgan fingerprint density at radius 3 is 2.56 bits per heavy atom. The van der Waals surface area contributed by atoms with Crippen LogP contribution in [0.25, 0.3) is 11.4 Å². The van der Waals surface area contributed by atoms with E-state index in [4.69, 9.17) is 14.7 Å². The van der Waals surface area contributed by atoms with Gasteiger partial charge in [-0.05, 0) is 56.4 Å². The molecule has 5 rings (SSSR count). The first-order valence-electron chi connectivity index (χ1n) is 11.9. The molecule has 0 spiro atoms. The van der Waals surface area contributed by atoms with Crippen LogP contribution >= 0.6 is 0 Å². The fourth-order valence-electron chi connectivity index (χ4n) is 4.45. The fourth-order valence-corrected chi connectivity index (χ4v) is 5.78. The van der Waals surface area contributed by atoms with Gasteiger partial charge >= 0.3 is 6.03 Å². The van der Waals surface area contributed by atoms with E-state index in [1.165, 1.54) is 6.26 Å². The van der Waals surface area contributed by atoms with Crippen LogP contribution in [0.1, 0.15) is 44.7 Å². The minimum atomic E-state index is -3.32. The van der Waals surface area contributed by atoms with Crippen LogP contribution in [0.15, 0.2) is 30.3 Å². The summed E-state index contributed by atoms with van der Waals surface area (Å²) >= 11 is 0. The second-order valence-electron chi connectivity index (χ2n) is 9.48. The Bertz CT molecular complexity index is 1180. The van der Waals surface area contributed by atoms with Gasteiger partial charge in [-0.3, -0.25) is 0 Å². The summed E-state index contributed by atoms with van der Waals surface area (Å²) in [4.78, 5) is 23.8. The number of amides is 2. The highest BCUT2D eigenvalue weighted by atomic mass is 32.2. The number of sulfone groups is 1. The van der Waals surface area contributed by atoms with E-state index in [1.807, 2.05) is 30.3 Å². The number of anilines is 2. The number of morpholine rings is 1. The molecule has 1 saturated heterocycles. The summed E-state index contributed by atoms with van der Waals surface area (Å²) in [5.41, 5.74) is 2.00. The van der Waals surface area contributed by atoms with Crippen LogP contribution in [0.3, 0.4) is 0 Å². The molecule has 0 bridgehead atoms. The fraction of sp³-hybridized carbons (Fsp3) is 0.542. The van der Waals surface area contributed by atoms with Gasteiger partial charge in [-0.1, -0.05) is 6.92 Å². The van der Waals surface area contributed by atoms with Gasteiger partial charge < -0.3 is 20.3 Å². The molecule has 3 fully saturated rings. The molecule has 182 valence electrons. The third kappa shape index (κ3) is 4.61. The number of urea groups is 1. The Hall–Kier alpha value is -2.72. The highest BCUT2D eigenvalue weighted by molar-refractivity contribution is 7.91. The van der Waals surface area contributed by atoms with Gasteiger partial charge in [0, 0.05) is 36.2 Å². The van der Waals surface area contributed by atoms with E-state index in [0.29, 0.717) is 49.8 Å². The largest absolute Gasteiger partial charge is 0.377 e. The van der Waals surface area contributed by atoms with E-state index < -0.39 is 14.6 Å². The van der Waals surface area contributed by atoms with Crippen molar-refractivity contribution in [3.05, 3.63) is 36.0 Å².